The Bertz CT molecular complexity index is 307. The third-order valence-electron chi connectivity index (χ3n) is 3.00. The quantitative estimate of drug-likeness (QED) is 0.575. The van der Waals surface area contributed by atoms with E-state index in [9.17, 15) is 0 Å². The second kappa shape index (κ2) is 5.87. The van der Waals surface area contributed by atoms with Gasteiger partial charge in [0.2, 0.25) is 0 Å². The van der Waals surface area contributed by atoms with E-state index in [1.165, 1.54) is 11.1 Å². The average molecular weight is 289 g/mol. The summed E-state index contributed by atoms with van der Waals surface area (Å²) in [6.07, 6.45) is 1.92. The molecule has 0 bridgehead atoms. The highest BCUT2D eigenvalue weighted by atomic mass is 79.9. The molecule has 0 spiro atoms. The molecular formula is C13H21BrO2. The Balaban J connectivity index is 2.79. The molecular weight excluding hydrogens is 268 g/mol. The first-order chi connectivity index (χ1) is 7.47. The van der Waals surface area contributed by atoms with E-state index in [2.05, 4.69) is 42.8 Å². The van der Waals surface area contributed by atoms with Gasteiger partial charge in [-0.05, 0) is 45.3 Å². The van der Waals surface area contributed by atoms with Crippen molar-refractivity contribution in [2.75, 3.05) is 6.61 Å². The second-order valence-electron chi connectivity index (χ2n) is 4.27. The fourth-order valence-electron chi connectivity index (χ4n) is 1.81. The van der Waals surface area contributed by atoms with Crippen molar-refractivity contribution in [3.05, 3.63) is 23.0 Å². The van der Waals surface area contributed by atoms with Crippen LogP contribution >= 0.6 is 15.9 Å². The maximum absolute atomic E-state index is 5.79. The minimum atomic E-state index is -0.182. The Morgan fingerprint density at radius 2 is 2.06 bits per heavy atom. The van der Waals surface area contributed by atoms with Crippen LogP contribution in [0.2, 0.25) is 0 Å². The lowest BCUT2D eigenvalue weighted by atomic mass is 9.89. The molecule has 2 unspecified atom stereocenters. The van der Waals surface area contributed by atoms with E-state index in [0.717, 1.165) is 5.76 Å². The van der Waals surface area contributed by atoms with Crippen LogP contribution in [0.3, 0.4) is 0 Å². The van der Waals surface area contributed by atoms with E-state index in [1.54, 1.807) is 0 Å². The van der Waals surface area contributed by atoms with Gasteiger partial charge in [0, 0.05) is 11.4 Å². The average Bonchev–Trinajstić information content (AvgIpc) is 2.23. The highest BCUT2D eigenvalue weighted by Crippen LogP contribution is 2.34. The van der Waals surface area contributed by atoms with E-state index in [-0.39, 0.29) is 6.29 Å². The van der Waals surface area contributed by atoms with Gasteiger partial charge in [-0.1, -0.05) is 28.4 Å². The van der Waals surface area contributed by atoms with Crippen LogP contribution in [0.4, 0.5) is 0 Å². The molecule has 0 aromatic carbocycles. The molecule has 0 saturated heterocycles. The number of halogens is 1. The van der Waals surface area contributed by atoms with E-state index < -0.39 is 0 Å². The number of allylic oxidation sites excluding steroid dienone is 3. The maximum Gasteiger partial charge on any atom is 0.196 e. The van der Waals surface area contributed by atoms with Crippen LogP contribution in [0.15, 0.2) is 23.0 Å². The SMILES string of the molecule is CCO[C@H](C)OC1=C(C)C(C)C(Br)C(C)=C1. The summed E-state index contributed by atoms with van der Waals surface area (Å²) in [5.41, 5.74) is 2.58. The molecule has 1 aliphatic carbocycles. The fourth-order valence-corrected chi connectivity index (χ4v) is 2.34. The van der Waals surface area contributed by atoms with Gasteiger partial charge in [0.05, 0.1) is 0 Å². The Labute approximate surface area is 107 Å². The number of hydrogen-bond donors (Lipinski definition) is 0. The summed E-state index contributed by atoms with van der Waals surface area (Å²) in [4.78, 5) is 0.419. The Kier molecular flexibility index (Phi) is 5.06. The van der Waals surface area contributed by atoms with Crippen molar-refractivity contribution in [1.82, 2.24) is 0 Å². The van der Waals surface area contributed by atoms with Crippen molar-refractivity contribution in [1.29, 1.82) is 0 Å². The predicted molar refractivity (Wildman–Crippen MR) is 70.5 cm³/mol. The summed E-state index contributed by atoms with van der Waals surface area (Å²) in [5, 5.41) is 0. The molecule has 92 valence electrons. The molecule has 0 aromatic rings. The van der Waals surface area contributed by atoms with Crippen molar-refractivity contribution in [3.63, 3.8) is 0 Å². The second-order valence-corrected chi connectivity index (χ2v) is 5.25. The van der Waals surface area contributed by atoms with Gasteiger partial charge < -0.3 is 9.47 Å². The Morgan fingerprint density at radius 1 is 1.44 bits per heavy atom. The van der Waals surface area contributed by atoms with Gasteiger partial charge in [0.25, 0.3) is 0 Å². The van der Waals surface area contributed by atoms with Gasteiger partial charge in [0.1, 0.15) is 5.76 Å². The highest BCUT2D eigenvalue weighted by molar-refractivity contribution is 9.09. The molecule has 0 heterocycles. The molecule has 0 aliphatic heterocycles. The molecule has 1 rings (SSSR count). The van der Waals surface area contributed by atoms with E-state index in [4.69, 9.17) is 9.47 Å². The summed E-state index contributed by atoms with van der Waals surface area (Å²) in [7, 11) is 0. The van der Waals surface area contributed by atoms with Crippen molar-refractivity contribution < 1.29 is 9.47 Å². The number of rotatable bonds is 4. The largest absolute Gasteiger partial charge is 0.465 e. The number of alkyl halides is 1. The Hall–Kier alpha value is -0.280. The van der Waals surface area contributed by atoms with Crippen LogP contribution in [0, 0.1) is 5.92 Å². The van der Waals surface area contributed by atoms with Gasteiger partial charge in [-0.2, -0.15) is 0 Å². The number of ether oxygens (including phenoxy) is 2. The van der Waals surface area contributed by atoms with Gasteiger partial charge in [-0.25, -0.2) is 0 Å². The molecule has 2 nitrogen and oxygen atoms in total. The lowest BCUT2D eigenvalue weighted by molar-refractivity contribution is -0.0970. The van der Waals surface area contributed by atoms with Crippen LogP contribution in [-0.2, 0) is 9.47 Å². The van der Waals surface area contributed by atoms with Crippen LogP contribution in [0.25, 0.3) is 0 Å². The third-order valence-corrected chi connectivity index (χ3v) is 4.51. The standard InChI is InChI=1S/C13H21BrO2/c1-6-15-11(5)16-12-7-8(2)13(14)10(4)9(12)3/h7,10-11,13H,6H2,1-5H3/t10?,11-,13?/m0/s1. The summed E-state index contributed by atoms with van der Waals surface area (Å²) in [5.74, 6) is 1.43. The van der Waals surface area contributed by atoms with E-state index >= 15 is 0 Å². The summed E-state index contributed by atoms with van der Waals surface area (Å²) < 4.78 is 11.2. The smallest absolute Gasteiger partial charge is 0.196 e. The highest BCUT2D eigenvalue weighted by Gasteiger charge is 2.25. The molecule has 0 fully saturated rings. The minimum Gasteiger partial charge on any atom is -0.465 e. The molecule has 0 saturated carbocycles. The zero-order valence-corrected chi connectivity index (χ0v) is 12.3. The minimum absolute atomic E-state index is 0.182. The van der Waals surface area contributed by atoms with Crippen LogP contribution in [0.1, 0.15) is 34.6 Å². The predicted octanol–water partition coefficient (Wildman–Crippen LogP) is 4.02. The lowest BCUT2D eigenvalue weighted by Gasteiger charge is -2.28. The van der Waals surface area contributed by atoms with Gasteiger partial charge in [-0.3, -0.25) is 0 Å². The molecule has 16 heavy (non-hydrogen) atoms. The van der Waals surface area contributed by atoms with Gasteiger partial charge >= 0.3 is 0 Å². The zero-order chi connectivity index (χ0) is 12.3. The first-order valence-electron chi connectivity index (χ1n) is 5.78. The van der Waals surface area contributed by atoms with Crippen molar-refractivity contribution in [3.8, 4) is 0 Å². The summed E-state index contributed by atoms with van der Waals surface area (Å²) >= 11 is 3.69. The van der Waals surface area contributed by atoms with Crippen LogP contribution in [-0.4, -0.2) is 17.7 Å². The van der Waals surface area contributed by atoms with Crippen LogP contribution < -0.4 is 0 Å². The molecule has 1 aliphatic rings. The van der Waals surface area contributed by atoms with E-state index in [0.29, 0.717) is 17.4 Å². The van der Waals surface area contributed by atoms with Crippen molar-refractivity contribution in [2.24, 2.45) is 5.92 Å². The van der Waals surface area contributed by atoms with Crippen molar-refractivity contribution in [2.45, 2.75) is 45.7 Å². The van der Waals surface area contributed by atoms with Crippen molar-refractivity contribution >= 4 is 15.9 Å². The molecule has 0 amide bonds. The van der Waals surface area contributed by atoms with Gasteiger partial charge in [0.15, 0.2) is 6.29 Å². The first kappa shape index (κ1) is 13.8. The maximum atomic E-state index is 5.79. The lowest BCUT2D eigenvalue weighted by Crippen LogP contribution is -2.22. The molecule has 3 atom stereocenters. The molecule has 3 heteroatoms. The van der Waals surface area contributed by atoms with Gasteiger partial charge in [-0.15, -0.1) is 0 Å². The van der Waals surface area contributed by atoms with Crippen LogP contribution in [0.5, 0.6) is 0 Å². The topological polar surface area (TPSA) is 18.5 Å². The molecule has 0 aromatic heterocycles. The summed E-state index contributed by atoms with van der Waals surface area (Å²) in [6, 6.07) is 0. The zero-order valence-electron chi connectivity index (χ0n) is 10.7. The Morgan fingerprint density at radius 3 is 2.62 bits per heavy atom. The molecule has 0 N–H and O–H groups in total. The first-order valence-corrected chi connectivity index (χ1v) is 6.70. The van der Waals surface area contributed by atoms with E-state index in [1.807, 2.05) is 13.8 Å². The fraction of sp³-hybridized carbons (Fsp3) is 0.692. The number of hydrogen-bond acceptors (Lipinski definition) is 2. The molecule has 0 radical (unpaired) electrons. The summed E-state index contributed by atoms with van der Waals surface area (Å²) in [6.45, 7) is 11.0. The third kappa shape index (κ3) is 3.11. The monoisotopic (exact) mass is 288 g/mol. The normalized spacial score (nSPS) is 27.8.